The van der Waals surface area contributed by atoms with Crippen LogP contribution in [0.3, 0.4) is 0 Å². The smallest absolute Gasteiger partial charge is 0.274 e. The number of rotatable bonds is 5. The monoisotopic (exact) mass is 384 g/mol. The number of benzene rings is 2. The maximum absolute atomic E-state index is 12.5. The summed E-state index contributed by atoms with van der Waals surface area (Å²) in [6.07, 6.45) is 1.36. The topological polar surface area (TPSA) is 112 Å². The quantitative estimate of drug-likeness (QED) is 0.652. The first-order valence-electron chi connectivity index (χ1n) is 8.67. The number of pyridine rings is 1. The van der Waals surface area contributed by atoms with Crippen LogP contribution in [0.4, 0.5) is 11.4 Å². The second-order valence-electron chi connectivity index (χ2n) is 6.13. The summed E-state index contributed by atoms with van der Waals surface area (Å²) in [6.45, 7) is 1.46. The van der Waals surface area contributed by atoms with Gasteiger partial charge >= 0.3 is 0 Å². The Morgan fingerprint density at radius 3 is 2.31 bits per heavy atom. The number of carbonyl (C=O) groups is 3. The van der Waals surface area contributed by atoms with Gasteiger partial charge < -0.3 is 10.6 Å². The zero-order valence-corrected chi connectivity index (χ0v) is 15.5. The van der Waals surface area contributed by atoms with Gasteiger partial charge in [-0.1, -0.05) is 12.1 Å². The minimum Gasteiger partial charge on any atom is -0.321 e. The van der Waals surface area contributed by atoms with Crippen LogP contribution in [0.25, 0.3) is 0 Å². The zero-order valence-electron chi connectivity index (χ0n) is 15.5. The number of amides is 2. The maximum atomic E-state index is 12.5. The molecule has 0 saturated carbocycles. The molecule has 0 aliphatic heterocycles. The van der Waals surface area contributed by atoms with Crippen LogP contribution in [-0.2, 0) is 0 Å². The molecule has 2 N–H and O–H groups in total. The number of nitrogens with one attached hydrogen (secondary N) is 2. The third-order valence-electron chi connectivity index (χ3n) is 4.10. The summed E-state index contributed by atoms with van der Waals surface area (Å²) in [4.78, 5) is 40.3. The number of para-hydroxylation sites is 1. The SMILES string of the molecule is CC(=O)c1ccc(NC(=O)c2cc(C(=O)Nc3ccccc3C#N)ccn2)cc1. The van der Waals surface area contributed by atoms with Gasteiger partial charge in [-0.2, -0.15) is 5.26 Å². The molecule has 0 spiro atoms. The fourth-order valence-corrected chi connectivity index (χ4v) is 2.56. The lowest BCUT2D eigenvalue weighted by Crippen LogP contribution is -2.17. The highest BCUT2D eigenvalue weighted by Gasteiger charge is 2.14. The largest absolute Gasteiger partial charge is 0.321 e. The van der Waals surface area contributed by atoms with Crippen molar-refractivity contribution in [2.75, 3.05) is 10.6 Å². The molecule has 29 heavy (non-hydrogen) atoms. The van der Waals surface area contributed by atoms with Gasteiger partial charge in [-0.25, -0.2) is 0 Å². The van der Waals surface area contributed by atoms with Crippen molar-refractivity contribution in [1.82, 2.24) is 4.98 Å². The van der Waals surface area contributed by atoms with E-state index >= 15 is 0 Å². The van der Waals surface area contributed by atoms with E-state index in [0.29, 0.717) is 22.5 Å². The Kier molecular flexibility index (Phi) is 5.76. The second kappa shape index (κ2) is 8.59. The minimum atomic E-state index is -0.493. The van der Waals surface area contributed by atoms with Crippen LogP contribution in [0.1, 0.15) is 43.7 Å². The number of Topliss-reactive ketones (excluding diaryl/α,β-unsaturated/α-hetero) is 1. The van der Waals surface area contributed by atoms with E-state index in [1.165, 1.54) is 25.3 Å². The molecule has 0 atom stereocenters. The molecular weight excluding hydrogens is 368 g/mol. The Labute approximate surface area is 167 Å². The molecule has 0 bridgehead atoms. The highest BCUT2D eigenvalue weighted by atomic mass is 16.2. The van der Waals surface area contributed by atoms with E-state index in [2.05, 4.69) is 15.6 Å². The number of nitrogens with zero attached hydrogens (tertiary/aromatic N) is 2. The molecule has 3 aromatic rings. The lowest BCUT2D eigenvalue weighted by molar-refractivity contribution is 0.101. The molecule has 7 heteroatoms. The molecule has 2 aromatic carbocycles. The van der Waals surface area contributed by atoms with Crippen LogP contribution < -0.4 is 10.6 Å². The summed E-state index contributed by atoms with van der Waals surface area (Å²) >= 11 is 0. The van der Waals surface area contributed by atoms with E-state index in [0.717, 1.165) is 0 Å². The summed E-state index contributed by atoms with van der Waals surface area (Å²) in [5, 5.41) is 14.5. The predicted octanol–water partition coefficient (Wildman–Crippen LogP) is 3.66. The summed E-state index contributed by atoms with van der Waals surface area (Å²) in [6, 6.07) is 17.9. The highest BCUT2D eigenvalue weighted by Crippen LogP contribution is 2.16. The van der Waals surface area contributed by atoms with Crippen molar-refractivity contribution in [3.05, 3.63) is 89.2 Å². The fourth-order valence-electron chi connectivity index (χ4n) is 2.56. The van der Waals surface area contributed by atoms with E-state index < -0.39 is 11.8 Å². The van der Waals surface area contributed by atoms with Gasteiger partial charge in [-0.3, -0.25) is 19.4 Å². The normalized spacial score (nSPS) is 9.93. The molecule has 0 radical (unpaired) electrons. The standard InChI is InChI=1S/C22H16N4O3/c1-14(27)15-6-8-18(9-7-15)25-22(29)20-12-16(10-11-24-20)21(28)26-19-5-3-2-4-17(19)13-23/h2-12H,1H3,(H,25,29)(H,26,28). The van der Waals surface area contributed by atoms with Crippen molar-refractivity contribution in [2.45, 2.75) is 6.92 Å². The molecule has 2 amide bonds. The first-order chi connectivity index (χ1) is 14.0. The third-order valence-corrected chi connectivity index (χ3v) is 4.10. The fraction of sp³-hybridized carbons (Fsp3) is 0.0455. The van der Waals surface area contributed by atoms with E-state index in [1.807, 2.05) is 6.07 Å². The summed E-state index contributed by atoms with van der Waals surface area (Å²) in [7, 11) is 0. The van der Waals surface area contributed by atoms with Crippen LogP contribution >= 0.6 is 0 Å². The lowest BCUT2D eigenvalue weighted by atomic mass is 10.1. The van der Waals surface area contributed by atoms with E-state index in [4.69, 9.17) is 5.26 Å². The van der Waals surface area contributed by atoms with Crippen molar-refractivity contribution in [2.24, 2.45) is 0 Å². The number of ketones is 1. The number of carbonyl (C=O) groups excluding carboxylic acids is 3. The summed E-state index contributed by atoms with van der Waals surface area (Å²) < 4.78 is 0. The first kappa shape index (κ1) is 19.5. The molecule has 0 aliphatic carbocycles. The van der Waals surface area contributed by atoms with Gasteiger partial charge in [0.2, 0.25) is 0 Å². The Bertz CT molecular complexity index is 1130. The first-order valence-corrected chi connectivity index (χ1v) is 8.67. The van der Waals surface area contributed by atoms with Crippen LogP contribution in [0.15, 0.2) is 66.9 Å². The number of aromatic nitrogens is 1. The van der Waals surface area contributed by atoms with E-state index in [1.54, 1.807) is 48.5 Å². The van der Waals surface area contributed by atoms with Crippen LogP contribution in [-0.4, -0.2) is 22.6 Å². The van der Waals surface area contributed by atoms with Gasteiger partial charge in [0.05, 0.1) is 11.3 Å². The van der Waals surface area contributed by atoms with Crippen molar-refractivity contribution in [3.8, 4) is 6.07 Å². The molecular formula is C22H16N4O3. The number of nitriles is 1. The van der Waals surface area contributed by atoms with E-state index in [-0.39, 0.29) is 17.0 Å². The number of hydrogen-bond acceptors (Lipinski definition) is 5. The summed E-state index contributed by atoms with van der Waals surface area (Å²) in [5.41, 5.74) is 2.04. The third kappa shape index (κ3) is 4.70. The minimum absolute atomic E-state index is 0.0573. The second-order valence-corrected chi connectivity index (χ2v) is 6.13. The Morgan fingerprint density at radius 1 is 0.897 bits per heavy atom. The Morgan fingerprint density at radius 2 is 1.62 bits per heavy atom. The van der Waals surface area contributed by atoms with Gasteiger partial charge in [0.25, 0.3) is 11.8 Å². The molecule has 0 unspecified atom stereocenters. The van der Waals surface area contributed by atoms with Crippen molar-refractivity contribution < 1.29 is 14.4 Å². The molecule has 0 aliphatic rings. The number of hydrogen-bond donors (Lipinski definition) is 2. The average Bonchev–Trinajstić information content (AvgIpc) is 2.74. The number of anilines is 2. The lowest BCUT2D eigenvalue weighted by Gasteiger charge is -2.08. The Hall–Kier alpha value is -4.31. The maximum Gasteiger partial charge on any atom is 0.274 e. The van der Waals surface area contributed by atoms with Gasteiger partial charge in [-0.05, 0) is 55.5 Å². The van der Waals surface area contributed by atoms with Crippen molar-refractivity contribution in [1.29, 1.82) is 5.26 Å². The molecule has 0 saturated heterocycles. The zero-order chi connectivity index (χ0) is 20.8. The molecule has 0 fully saturated rings. The average molecular weight is 384 g/mol. The van der Waals surface area contributed by atoms with Gasteiger partial charge in [0.1, 0.15) is 11.8 Å². The van der Waals surface area contributed by atoms with Crippen molar-refractivity contribution in [3.63, 3.8) is 0 Å². The molecule has 1 aromatic heterocycles. The van der Waals surface area contributed by atoms with Gasteiger partial charge in [0, 0.05) is 23.0 Å². The molecule has 142 valence electrons. The predicted molar refractivity (Wildman–Crippen MR) is 108 cm³/mol. The van der Waals surface area contributed by atoms with Gasteiger partial charge in [-0.15, -0.1) is 0 Å². The summed E-state index contributed by atoms with van der Waals surface area (Å²) in [5.74, 6) is -1.02. The van der Waals surface area contributed by atoms with E-state index in [9.17, 15) is 14.4 Å². The van der Waals surface area contributed by atoms with Crippen molar-refractivity contribution >= 4 is 29.0 Å². The highest BCUT2D eigenvalue weighted by molar-refractivity contribution is 6.08. The van der Waals surface area contributed by atoms with Crippen LogP contribution in [0, 0.1) is 11.3 Å². The molecule has 1 heterocycles. The van der Waals surface area contributed by atoms with Crippen LogP contribution in [0.5, 0.6) is 0 Å². The van der Waals surface area contributed by atoms with Crippen LogP contribution in [0.2, 0.25) is 0 Å². The van der Waals surface area contributed by atoms with Gasteiger partial charge in [0.15, 0.2) is 5.78 Å². The molecule has 7 nitrogen and oxygen atoms in total. The Balaban J connectivity index is 1.74. The molecule has 3 rings (SSSR count).